The monoisotopic (exact) mass is 389 g/mol. The lowest BCUT2D eigenvalue weighted by Crippen LogP contribution is -2.51. The number of amides is 4. The molecule has 0 unspecified atom stereocenters. The highest BCUT2D eigenvalue weighted by Crippen LogP contribution is 2.32. The molecule has 1 saturated carbocycles. The van der Waals surface area contributed by atoms with E-state index in [1.54, 1.807) is 18.2 Å². The summed E-state index contributed by atoms with van der Waals surface area (Å²) in [7, 11) is 0. The van der Waals surface area contributed by atoms with Crippen LogP contribution in [0.1, 0.15) is 37.7 Å². The molecule has 2 N–H and O–H groups in total. The minimum absolute atomic E-state index is 0.358. The molecule has 1 aromatic rings. The van der Waals surface area contributed by atoms with Crippen molar-refractivity contribution in [3.05, 3.63) is 29.8 Å². The molecule has 1 aromatic carbocycles. The molecular formula is C19H23N3O6. The topological polar surface area (TPSA) is 114 Å². The van der Waals surface area contributed by atoms with Crippen LogP contribution in [-0.2, 0) is 19.1 Å². The van der Waals surface area contributed by atoms with Crippen LogP contribution in [0.2, 0.25) is 0 Å². The van der Waals surface area contributed by atoms with Gasteiger partial charge in [0.2, 0.25) is 0 Å². The van der Waals surface area contributed by atoms with E-state index in [1.165, 1.54) is 0 Å². The number of carbonyl (C=O) groups is 4. The summed E-state index contributed by atoms with van der Waals surface area (Å²) in [5.41, 5.74) is 2.25. The van der Waals surface area contributed by atoms with Crippen molar-refractivity contribution in [1.82, 2.24) is 15.8 Å². The number of hydrogen-bond acceptors (Lipinski definition) is 6. The number of imide groups is 1. The number of carbonyl (C=O) groups excluding carboxylic acids is 4. The number of esters is 1. The van der Waals surface area contributed by atoms with Crippen LogP contribution in [0.3, 0.4) is 0 Å². The third-order valence-electron chi connectivity index (χ3n) is 4.82. The van der Waals surface area contributed by atoms with Crippen molar-refractivity contribution in [3.63, 3.8) is 0 Å². The molecule has 1 spiro atoms. The summed E-state index contributed by atoms with van der Waals surface area (Å²) < 4.78 is 10.1. The van der Waals surface area contributed by atoms with E-state index >= 15 is 0 Å². The predicted octanol–water partition coefficient (Wildman–Crippen LogP) is 1.20. The van der Waals surface area contributed by atoms with Gasteiger partial charge in [0, 0.05) is 0 Å². The number of nitrogens with zero attached hydrogens (tertiary/aromatic N) is 1. The maximum atomic E-state index is 12.6. The summed E-state index contributed by atoms with van der Waals surface area (Å²) in [6.07, 6.45) is 3.79. The molecule has 2 fully saturated rings. The Morgan fingerprint density at radius 3 is 2.64 bits per heavy atom. The summed E-state index contributed by atoms with van der Waals surface area (Å²) in [5.74, 6) is -1.48. The lowest BCUT2D eigenvalue weighted by atomic mass is 9.82. The van der Waals surface area contributed by atoms with Crippen molar-refractivity contribution in [1.29, 1.82) is 0 Å². The molecule has 0 aromatic heterocycles. The molecule has 0 radical (unpaired) electrons. The molecule has 3 rings (SSSR count). The lowest BCUT2D eigenvalue weighted by Gasteiger charge is -2.30. The third kappa shape index (κ3) is 4.41. The van der Waals surface area contributed by atoms with Crippen molar-refractivity contribution in [3.8, 4) is 5.75 Å². The average Bonchev–Trinajstić information content (AvgIpc) is 2.89. The zero-order valence-corrected chi connectivity index (χ0v) is 15.7. The van der Waals surface area contributed by atoms with Gasteiger partial charge in [0.15, 0.2) is 13.2 Å². The Kier molecular flexibility index (Phi) is 5.81. The molecule has 9 heteroatoms. The molecule has 28 heavy (non-hydrogen) atoms. The number of benzene rings is 1. The molecule has 1 aliphatic carbocycles. The Bertz CT molecular complexity index is 788. The van der Waals surface area contributed by atoms with Gasteiger partial charge in [0.25, 0.3) is 11.8 Å². The minimum atomic E-state index is -0.930. The van der Waals surface area contributed by atoms with Gasteiger partial charge in [0.05, 0.1) is 0 Å². The van der Waals surface area contributed by atoms with Gasteiger partial charge in [-0.1, -0.05) is 31.4 Å². The zero-order chi connectivity index (χ0) is 20.1. The van der Waals surface area contributed by atoms with E-state index in [0.29, 0.717) is 23.6 Å². The first kappa shape index (κ1) is 19.7. The fourth-order valence-corrected chi connectivity index (χ4v) is 3.41. The minimum Gasteiger partial charge on any atom is -0.482 e. The summed E-state index contributed by atoms with van der Waals surface area (Å²) >= 11 is 0. The molecule has 0 atom stereocenters. The second-order valence-corrected chi connectivity index (χ2v) is 7.01. The Labute approximate surface area is 162 Å². The number of rotatable bonds is 6. The van der Waals surface area contributed by atoms with Crippen LogP contribution in [0.25, 0.3) is 0 Å². The highest BCUT2D eigenvalue weighted by atomic mass is 16.6. The molecule has 1 saturated heterocycles. The summed E-state index contributed by atoms with van der Waals surface area (Å²) in [4.78, 5) is 48.3. The first-order valence-corrected chi connectivity index (χ1v) is 9.21. The Morgan fingerprint density at radius 1 is 1.18 bits per heavy atom. The maximum absolute atomic E-state index is 12.6. The van der Waals surface area contributed by atoms with Crippen molar-refractivity contribution in [2.24, 2.45) is 0 Å². The standard InChI is InChI=1S/C19H23N3O6/c1-13-6-5-7-14(10-13)27-12-16(24)28-11-15(23)21-22-17(25)19(20-18(22)26)8-3-2-4-9-19/h5-7,10H,2-4,8-9,11-12H2,1H3,(H,20,26)(H,21,23). The molecule has 150 valence electrons. The third-order valence-corrected chi connectivity index (χ3v) is 4.82. The van der Waals surface area contributed by atoms with Gasteiger partial charge in [-0.05, 0) is 37.5 Å². The number of ether oxygens (including phenoxy) is 2. The van der Waals surface area contributed by atoms with Crippen LogP contribution in [0, 0.1) is 6.92 Å². The normalized spacial score (nSPS) is 18.0. The van der Waals surface area contributed by atoms with Gasteiger partial charge in [-0.15, -0.1) is 0 Å². The molecule has 1 heterocycles. The molecule has 0 bridgehead atoms. The SMILES string of the molecule is Cc1cccc(OCC(=O)OCC(=O)NN2C(=O)NC3(CCCCC3)C2=O)c1. The fraction of sp³-hybridized carbons (Fsp3) is 0.474. The summed E-state index contributed by atoms with van der Waals surface area (Å²) in [6.45, 7) is 0.909. The molecule has 1 aliphatic heterocycles. The second kappa shape index (κ2) is 8.28. The number of nitrogens with one attached hydrogen (secondary N) is 2. The largest absolute Gasteiger partial charge is 0.482 e. The second-order valence-electron chi connectivity index (χ2n) is 7.01. The van der Waals surface area contributed by atoms with Crippen LogP contribution >= 0.6 is 0 Å². The first-order chi connectivity index (χ1) is 13.4. The Morgan fingerprint density at radius 2 is 1.93 bits per heavy atom. The van der Waals surface area contributed by atoms with Gasteiger partial charge in [-0.3, -0.25) is 15.0 Å². The van der Waals surface area contributed by atoms with Gasteiger partial charge in [-0.25, -0.2) is 9.59 Å². The van der Waals surface area contributed by atoms with Crippen molar-refractivity contribution < 1.29 is 28.7 Å². The van der Waals surface area contributed by atoms with Crippen LogP contribution in [0.5, 0.6) is 5.75 Å². The maximum Gasteiger partial charge on any atom is 0.344 e. The molecule has 2 aliphatic rings. The smallest absolute Gasteiger partial charge is 0.344 e. The number of urea groups is 1. The van der Waals surface area contributed by atoms with Crippen LogP contribution in [0.15, 0.2) is 24.3 Å². The molecule has 9 nitrogen and oxygen atoms in total. The fourth-order valence-electron chi connectivity index (χ4n) is 3.41. The Balaban J connectivity index is 1.44. The lowest BCUT2D eigenvalue weighted by molar-refractivity contribution is -0.152. The summed E-state index contributed by atoms with van der Waals surface area (Å²) in [5, 5.41) is 3.35. The van der Waals surface area contributed by atoms with E-state index < -0.39 is 36.0 Å². The molecule has 4 amide bonds. The van der Waals surface area contributed by atoms with E-state index in [9.17, 15) is 19.2 Å². The van der Waals surface area contributed by atoms with E-state index in [-0.39, 0.29) is 6.61 Å². The van der Waals surface area contributed by atoms with Crippen LogP contribution in [-0.4, -0.2) is 47.6 Å². The highest BCUT2D eigenvalue weighted by molar-refractivity contribution is 6.08. The van der Waals surface area contributed by atoms with Crippen molar-refractivity contribution >= 4 is 23.8 Å². The Hall–Kier alpha value is -3.10. The van der Waals surface area contributed by atoms with Crippen molar-refractivity contribution in [2.45, 2.75) is 44.6 Å². The van der Waals surface area contributed by atoms with E-state index in [2.05, 4.69) is 10.7 Å². The van der Waals surface area contributed by atoms with Crippen molar-refractivity contribution in [2.75, 3.05) is 13.2 Å². The zero-order valence-electron chi connectivity index (χ0n) is 15.7. The highest BCUT2D eigenvalue weighted by Gasteiger charge is 2.52. The number of aryl methyl sites for hydroxylation is 1. The van der Waals surface area contributed by atoms with Gasteiger partial charge < -0.3 is 14.8 Å². The molecular weight excluding hydrogens is 366 g/mol. The van der Waals surface area contributed by atoms with E-state index in [1.807, 2.05) is 13.0 Å². The average molecular weight is 389 g/mol. The predicted molar refractivity (Wildman–Crippen MR) is 97.0 cm³/mol. The number of hydrogen-bond donors (Lipinski definition) is 2. The van der Waals surface area contributed by atoms with E-state index in [0.717, 1.165) is 24.8 Å². The van der Waals surface area contributed by atoms with Crippen LogP contribution in [0.4, 0.5) is 4.79 Å². The first-order valence-electron chi connectivity index (χ1n) is 9.21. The summed E-state index contributed by atoms with van der Waals surface area (Å²) in [6, 6.07) is 6.47. The van der Waals surface area contributed by atoms with Gasteiger partial charge >= 0.3 is 12.0 Å². The van der Waals surface area contributed by atoms with E-state index in [4.69, 9.17) is 9.47 Å². The quantitative estimate of drug-likeness (QED) is 0.558. The van der Waals surface area contributed by atoms with Crippen LogP contribution < -0.4 is 15.5 Å². The van der Waals surface area contributed by atoms with Gasteiger partial charge in [0.1, 0.15) is 11.3 Å². The van der Waals surface area contributed by atoms with Gasteiger partial charge in [-0.2, -0.15) is 5.01 Å². The number of hydrazine groups is 1.